The maximum atomic E-state index is 13.8. The molecule has 19 heavy (non-hydrogen) atoms. The minimum atomic E-state index is -0.855. The molecule has 1 fully saturated rings. The van der Waals surface area contributed by atoms with Gasteiger partial charge in [-0.15, -0.1) is 0 Å². The number of benzene rings is 1. The molecule has 1 aliphatic heterocycles. The normalized spacial score (nSPS) is 23.7. The number of hydrogen-bond donors (Lipinski definition) is 1. The number of likely N-dealkylation sites (tertiary alicyclic amines) is 1. The molecule has 1 aromatic rings. The van der Waals surface area contributed by atoms with Gasteiger partial charge in [-0.05, 0) is 37.9 Å². The highest BCUT2D eigenvalue weighted by Gasteiger charge is 2.46. The summed E-state index contributed by atoms with van der Waals surface area (Å²) in [6.07, 6.45) is 1.97. The lowest BCUT2D eigenvalue weighted by Crippen LogP contribution is -2.49. The van der Waals surface area contributed by atoms with Crippen LogP contribution in [0, 0.1) is 5.82 Å². The third kappa shape index (κ3) is 2.60. The van der Waals surface area contributed by atoms with E-state index < -0.39 is 11.5 Å². The zero-order chi connectivity index (χ0) is 14.0. The third-order valence-electron chi connectivity index (χ3n) is 3.98. The van der Waals surface area contributed by atoms with Crippen LogP contribution < -0.4 is 0 Å². The van der Waals surface area contributed by atoms with Crippen molar-refractivity contribution in [1.29, 1.82) is 0 Å². The first-order chi connectivity index (χ1) is 8.99. The number of carboxylic acids is 1. The summed E-state index contributed by atoms with van der Waals surface area (Å²) in [5.41, 5.74) is -0.364. The maximum Gasteiger partial charge on any atom is 0.324 e. The van der Waals surface area contributed by atoms with Crippen molar-refractivity contribution in [3.05, 3.63) is 34.6 Å². The summed E-state index contributed by atoms with van der Waals surface area (Å²) in [6, 6.07) is 4.52. The molecule has 104 valence electrons. The molecule has 0 saturated carbocycles. The fraction of sp³-hybridized carbons (Fsp3) is 0.500. The third-order valence-corrected chi connectivity index (χ3v) is 4.22. The van der Waals surface area contributed by atoms with Crippen LogP contribution >= 0.6 is 11.6 Å². The highest BCUT2D eigenvalue weighted by Crippen LogP contribution is 2.34. The van der Waals surface area contributed by atoms with Gasteiger partial charge >= 0.3 is 5.97 Å². The fourth-order valence-electron chi connectivity index (χ4n) is 2.81. The summed E-state index contributed by atoms with van der Waals surface area (Å²) >= 11 is 5.72. The van der Waals surface area contributed by atoms with Crippen molar-refractivity contribution < 1.29 is 14.3 Å². The second-order valence-corrected chi connectivity index (χ2v) is 5.39. The average Bonchev–Trinajstić information content (AvgIpc) is 2.76. The Kier molecular flexibility index (Phi) is 4.11. The number of carboxylic acid groups (broad SMARTS) is 1. The van der Waals surface area contributed by atoms with E-state index in [4.69, 9.17) is 11.6 Å². The molecule has 1 atom stereocenters. The second-order valence-electron chi connectivity index (χ2n) is 4.95. The minimum Gasteiger partial charge on any atom is -0.480 e. The van der Waals surface area contributed by atoms with Crippen molar-refractivity contribution in [3.8, 4) is 0 Å². The summed E-state index contributed by atoms with van der Waals surface area (Å²) in [4.78, 5) is 13.4. The molecule has 3 nitrogen and oxygen atoms in total. The van der Waals surface area contributed by atoms with E-state index in [9.17, 15) is 14.3 Å². The predicted molar refractivity (Wildman–Crippen MR) is 71.7 cm³/mol. The first-order valence-corrected chi connectivity index (χ1v) is 6.80. The van der Waals surface area contributed by atoms with Gasteiger partial charge in [0.2, 0.25) is 0 Å². The lowest BCUT2D eigenvalue weighted by Gasteiger charge is -2.34. The van der Waals surface area contributed by atoms with Crippen LogP contribution in [0.4, 0.5) is 4.39 Å². The van der Waals surface area contributed by atoms with Crippen LogP contribution in [-0.2, 0) is 11.3 Å². The van der Waals surface area contributed by atoms with E-state index in [1.807, 2.05) is 11.8 Å². The van der Waals surface area contributed by atoms with Crippen LogP contribution in [0.25, 0.3) is 0 Å². The fourth-order valence-corrected chi connectivity index (χ4v) is 2.97. The van der Waals surface area contributed by atoms with Crippen LogP contribution in [0.5, 0.6) is 0 Å². The largest absolute Gasteiger partial charge is 0.480 e. The van der Waals surface area contributed by atoms with Crippen LogP contribution in [-0.4, -0.2) is 28.1 Å². The van der Waals surface area contributed by atoms with Gasteiger partial charge in [-0.1, -0.05) is 24.6 Å². The SMILES string of the molecule is CCC1(C(=O)O)CCCN1Cc1ccc(Cl)cc1F. The molecular weight excluding hydrogens is 269 g/mol. The Labute approximate surface area is 117 Å². The van der Waals surface area contributed by atoms with E-state index in [0.717, 1.165) is 6.42 Å². The molecule has 0 bridgehead atoms. The van der Waals surface area contributed by atoms with Gasteiger partial charge in [0, 0.05) is 17.1 Å². The quantitative estimate of drug-likeness (QED) is 0.923. The topological polar surface area (TPSA) is 40.5 Å². The molecule has 1 N–H and O–H groups in total. The Hall–Kier alpha value is -1.13. The Balaban J connectivity index is 2.24. The molecule has 1 unspecified atom stereocenters. The van der Waals surface area contributed by atoms with Gasteiger partial charge < -0.3 is 5.11 Å². The number of carbonyl (C=O) groups is 1. The van der Waals surface area contributed by atoms with Crippen molar-refractivity contribution in [2.45, 2.75) is 38.3 Å². The molecule has 0 radical (unpaired) electrons. The minimum absolute atomic E-state index is 0.309. The van der Waals surface area contributed by atoms with Crippen LogP contribution in [0.3, 0.4) is 0 Å². The monoisotopic (exact) mass is 285 g/mol. The van der Waals surface area contributed by atoms with Gasteiger partial charge in [0.05, 0.1) is 0 Å². The molecule has 5 heteroatoms. The molecule has 1 saturated heterocycles. The Morgan fingerprint density at radius 1 is 1.58 bits per heavy atom. The number of nitrogens with zero attached hydrogens (tertiary/aromatic N) is 1. The van der Waals surface area contributed by atoms with E-state index in [-0.39, 0.29) is 5.82 Å². The maximum absolute atomic E-state index is 13.8. The Morgan fingerprint density at radius 3 is 2.89 bits per heavy atom. The highest BCUT2D eigenvalue weighted by molar-refractivity contribution is 6.30. The smallest absolute Gasteiger partial charge is 0.324 e. The lowest BCUT2D eigenvalue weighted by molar-refractivity contribution is -0.150. The van der Waals surface area contributed by atoms with Crippen molar-refractivity contribution >= 4 is 17.6 Å². The average molecular weight is 286 g/mol. The number of aliphatic carboxylic acids is 1. The standard InChI is InChI=1S/C14H17ClFNO2/c1-2-14(13(18)19)6-3-7-17(14)9-10-4-5-11(15)8-12(10)16/h4-5,8H,2-3,6-7,9H2,1H3,(H,18,19). The molecular formula is C14H17ClFNO2. The van der Waals surface area contributed by atoms with Crippen LogP contribution in [0.2, 0.25) is 5.02 Å². The Morgan fingerprint density at radius 2 is 2.32 bits per heavy atom. The summed E-state index contributed by atoms with van der Waals surface area (Å²) < 4.78 is 13.8. The van der Waals surface area contributed by atoms with E-state index in [1.54, 1.807) is 12.1 Å². The molecule has 0 aliphatic carbocycles. The summed E-state index contributed by atoms with van der Waals surface area (Å²) in [5, 5.41) is 9.82. The van der Waals surface area contributed by atoms with Crippen molar-refractivity contribution in [1.82, 2.24) is 4.90 Å². The van der Waals surface area contributed by atoms with Gasteiger partial charge in [0.1, 0.15) is 11.4 Å². The van der Waals surface area contributed by atoms with Crippen molar-refractivity contribution in [3.63, 3.8) is 0 Å². The van der Waals surface area contributed by atoms with Gasteiger partial charge in [-0.2, -0.15) is 0 Å². The molecule has 0 spiro atoms. The second kappa shape index (κ2) is 5.47. The van der Waals surface area contributed by atoms with Crippen molar-refractivity contribution in [2.24, 2.45) is 0 Å². The molecule has 2 rings (SSSR count). The van der Waals surface area contributed by atoms with E-state index in [1.165, 1.54) is 6.07 Å². The summed E-state index contributed by atoms with van der Waals surface area (Å²) in [6.45, 7) is 2.86. The van der Waals surface area contributed by atoms with E-state index in [2.05, 4.69) is 0 Å². The van der Waals surface area contributed by atoms with Gasteiger partial charge in [0.15, 0.2) is 0 Å². The summed E-state index contributed by atoms with van der Waals surface area (Å²) in [5.74, 6) is -1.20. The number of hydrogen-bond acceptors (Lipinski definition) is 2. The van der Waals surface area contributed by atoms with E-state index in [0.29, 0.717) is 36.5 Å². The predicted octanol–water partition coefficient (Wildman–Crippen LogP) is 3.31. The van der Waals surface area contributed by atoms with Crippen LogP contribution in [0.15, 0.2) is 18.2 Å². The van der Waals surface area contributed by atoms with E-state index >= 15 is 0 Å². The zero-order valence-corrected chi connectivity index (χ0v) is 11.6. The molecule has 1 aliphatic rings. The van der Waals surface area contributed by atoms with Gasteiger partial charge in [-0.3, -0.25) is 9.69 Å². The van der Waals surface area contributed by atoms with Crippen molar-refractivity contribution in [2.75, 3.05) is 6.54 Å². The van der Waals surface area contributed by atoms with Crippen LogP contribution in [0.1, 0.15) is 31.7 Å². The molecule has 0 aromatic heterocycles. The first-order valence-electron chi connectivity index (χ1n) is 6.42. The van der Waals surface area contributed by atoms with Gasteiger partial charge in [0.25, 0.3) is 0 Å². The Bertz CT molecular complexity index is 494. The number of rotatable bonds is 4. The zero-order valence-electron chi connectivity index (χ0n) is 10.8. The highest BCUT2D eigenvalue weighted by atomic mass is 35.5. The summed E-state index contributed by atoms with van der Waals surface area (Å²) in [7, 11) is 0. The van der Waals surface area contributed by atoms with Gasteiger partial charge in [-0.25, -0.2) is 4.39 Å². The molecule has 1 aromatic carbocycles. The molecule has 1 heterocycles. The lowest BCUT2D eigenvalue weighted by atomic mass is 9.92. The first kappa shape index (κ1) is 14.3. The molecule has 0 amide bonds. The number of halogens is 2.